The summed E-state index contributed by atoms with van der Waals surface area (Å²) < 4.78 is 10.9. The van der Waals surface area contributed by atoms with E-state index in [2.05, 4.69) is 21.2 Å². The predicted octanol–water partition coefficient (Wildman–Crippen LogP) is 1.76. The molecule has 0 unspecified atom stereocenters. The van der Waals surface area contributed by atoms with E-state index in [1.54, 1.807) is 36.4 Å². The second-order valence-corrected chi connectivity index (χ2v) is 7.32. The maximum absolute atomic E-state index is 11.9. The van der Waals surface area contributed by atoms with E-state index in [1.807, 2.05) is 19.1 Å². The number of hydrazone groups is 1. The number of amides is 3. The molecule has 1 fully saturated rings. The summed E-state index contributed by atoms with van der Waals surface area (Å²) in [5.74, 6) is -1.38. The van der Waals surface area contributed by atoms with E-state index in [0.717, 1.165) is 25.0 Å². The van der Waals surface area contributed by atoms with E-state index in [-0.39, 0.29) is 18.6 Å². The molecule has 0 aromatic heterocycles. The molecule has 3 N–H and O–H groups in total. The highest BCUT2D eigenvalue weighted by Crippen LogP contribution is 2.12. The molecule has 2 aromatic carbocycles. The van der Waals surface area contributed by atoms with Crippen molar-refractivity contribution < 1.29 is 23.9 Å². The van der Waals surface area contributed by atoms with Gasteiger partial charge in [-0.3, -0.25) is 14.4 Å². The first-order valence-corrected chi connectivity index (χ1v) is 10.3. The molecule has 0 spiro atoms. The lowest BCUT2D eigenvalue weighted by atomic mass is 10.2. The molecule has 0 saturated carbocycles. The number of anilines is 1. The predicted molar refractivity (Wildman–Crippen MR) is 119 cm³/mol. The van der Waals surface area contributed by atoms with Crippen LogP contribution in [0, 0.1) is 6.92 Å². The number of nitrogens with one attached hydrogen (secondary N) is 3. The molecule has 3 rings (SSSR count). The number of hydrogen-bond acceptors (Lipinski definition) is 6. The van der Waals surface area contributed by atoms with Crippen molar-refractivity contribution in [2.45, 2.75) is 25.9 Å². The van der Waals surface area contributed by atoms with E-state index in [9.17, 15) is 14.4 Å². The zero-order valence-electron chi connectivity index (χ0n) is 17.8. The van der Waals surface area contributed by atoms with Crippen LogP contribution in [0.25, 0.3) is 0 Å². The summed E-state index contributed by atoms with van der Waals surface area (Å²) in [6.45, 7) is 3.08. The number of hydrogen-bond donors (Lipinski definition) is 3. The van der Waals surface area contributed by atoms with Gasteiger partial charge in [-0.05, 0) is 61.7 Å². The van der Waals surface area contributed by atoms with E-state index in [4.69, 9.17) is 9.47 Å². The standard InChI is InChI=1S/C23H26N4O5/c1-16-4-8-18(9-5-16)26-22(29)23(30)27-25-13-17-6-10-19(11-7-17)32-15-21(28)24-14-20-3-2-12-31-20/h4-11,13,20H,2-3,12,14-15H2,1H3,(H,24,28)(H,26,29)(H,27,30)/b25-13-/t20-/m0/s1. The Morgan fingerprint density at radius 2 is 1.84 bits per heavy atom. The van der Waals surface area contributed by atoms with Gasteiger partial charge in [0.1, 0.15) is 5.75 Å². The smallest absolute Gasteiger partial charge is 0.329 e. The minimum absolute atomic E-state index is 0.0895. The molecule has 1 atom stereocenters. The Morgan fingerprint density at radius 3 is 2.53 bits per heavy atom. The molecule has 3 amide bonds. The van der Waals surface area contributed by atoms with Crippen LogP contribution in [0.4, 0.5) is 5.69 Å². The molecule has 2 aromatic rings. The summed E-state index contributed by atoms with van der Waals surface area (Å²) >= 11 is 0. The molecular formula is C23H26N4O5. The molecule has 9 nitrogen and oxygen atoms in total. The van der Waals surface area contributed by atoms with Gasteiger partial charge >= 0.3 is 11.8 Å². The van der Waals surface area contributed by atoms with Gasteiger partial charge in [0.05, 0.1) is 12.3 Å². The number of carbonyl (C=O) groups is 3. The highest BCUT2D eigenvalue weighted by atomic mass is 16.5. The lowest BCUT2D eigenvalue weighted by molar-refractivity contribution is -0.136. The van der Waals surface area contributed by atoms with Crippen molar-refractivity contribution in [1.29, 1.82) is 0 Å². The number of ether oxygens (including phenoxy) is 2. The van der Waals surface area contributed by atoms with E-state index in [1.165, 1.54) is 6.21 Å². The van der Waals surface area contributed by atoms with Crippen LogP contribution in [0.15, 0.2) is 53.6 Å². The number of aryl methyl sites for hydroxylation is 1. The Hall–Kier alpha value is -3.72. The SMILES string of the molecule is Cc1ccc(NC(=O)C(=O)N/N=C\c2ccc(OCC(=O)NC[C@@H]3CCCO3)cc2)cc1. The second-order valence-electron chi connectivity index (χ2n) is 7.32. The fraction of sp³-hybridized carbons (Fsp3) is 0.304. The van der Waals surface area contributed by atoms with Crippen LogP contribution in [0.1, 0.15) is 24.0 Å². The molecule has 0 aliphatic carbocycles. The van der Waals surface area contributed by atoms with Gasteiger partial charge in [-0.1, -0.05) is 17.7 Å². The maximum Gasteiger partial charge on any atom is 0.329 e. The van der Waals surface area contributed by atoms with Gasteiger partial charge in [0, 0.05) is 18.8 Å². The first-order chi connectivity index (χ1) is 15.5. The number of carbonyl (C=O) groups excluding carboxylic acids is 3. The van der Waals surface area contributed by atoms with Gasteiger partial charge in [-0.25, -0.2) is 5.43 Å². The fourth-order valence-electron chi connectivity index (χ4n) is 2.92. The minimum Gasteiger partial charge on any atom is -0.484 e. The summed E-state index contributed by atoms with van der Waals surface area (Å²) in [7, 11) is 0. The van der Waals surface area contributed by atoms with Crippen molar-refractivity contribution in [1.82, 2.24) is 10.7 Å². The van der Waals surface area contributed by atoms with Gasteiger partial charge < -0.3 is 20.1 Å². The van der Waals surface area contributed by atoms with Crippen molar-refractivity contribution in [3.63, 3.8) is 0 Å². The van der Waals surface area contributed by atoms with Crippen LogP contribution in [0.3, 0.4) is 0 Å². The van der Waals surface area contributed by atoms with E-state index >= 15 is 0 Å². The number of nitrogens with zero attached hydrogens (tertiary/aromatic N) is 1. The van der Waals surface area contributed by atoms with Gasteiger partial charge in [-0.15, -0.1) is 0 Å². The Balaban J connectivity index is 1.37. The van der Waals surface area contributed by atoms with Crippen LogP contribution >= 0.6 is 0 Å². The Labute approximate surface area is 186 Å². The first-order valence-electron chi connectivity index (χ1n) is 10.3. The van der Waals surface area contributed by atoms with Gasteiger partial charge in [0.2, 0.25) is 0 Å². The molecular weight excluding hydrogens is 412 g/mol. The molecule has 32 heavy (non-hydrogen) atoms. The topological polar surface area (TPSA) is 118 Å². The maximum atomic E-state index is 11.9. The van der Waals surface area contributed by atoms with Gasteiger partial charge in [-0.2, -0.15) is 5.10 Å². The van der Waals surface area contributed by atoms with Crippen molar-refractivity contribution in [2.24, 2.45) is 5.10 Å². The normalized spacial score (nSPS) is 15.3. The van der Waals surface area contributed by atoms with Crippen LogP contribution in [0.2, 0.25) is 0 Å². The third-order valence-corrected chi connectivity index (χ3v) is 4.70. The Morgan fingerprint density at radius 1 is 1.09 bits per heavy atom. The van der Waals surface area contributed by atoms with Crippen LogP contribution in [-0.2, 0) is 19.1 Å². The second kappa shape index (κ2) is 11.6. The average Bonchev–Trinajstić information content (AvgIpc) is 3.32. The number of rotatable bonds is 8. The fourth-order valence-corrected chi connectivity index (χ4v) is 2.92. The average molecular weight is 438 g/mol. The summed E-state index contributed by atoms with van der Waals surface area (Å²) in [6, 6.07) is 13.9. The third-order valence-electron chi connectivity index (χ3n) is 4.70. The van der Waals surface area contributed by atoms with Crippen molar-refractivity contribution in [2.75, 3.05) is 25.1 Å². The molecule has 0 radical (unpaired) electrons. The van der Waals surface area contributed by atoms with Crippen molar-refractivity contribution in [3.05, 3.63) is 59.7 Å². The number of benzene rings is 2. The van der Waals surface area contributed by atoms with Gasteiger partial charge in [0.25, 0.3) is 5.91 Å². The molecule has 0 bridgehead atoms. The molecule has 1 aliphatic heterocycles. The molecule has 9 heteroatoms. The van der Waals surface area contributed by atoms with E-state index in [0.29, 0.717) is 23.5 Å². The lowest BCUT2D eigenvalue weighted by Crippen LogP contribution is -2.35. The monoisotopic (exact) mass is 438 g/mol. The summed E-state index contributed by atoms with van der Waals surface area (Å²) in [5, 5.41) is 9.06. The molecule has 1 heterocycles. The van der Waals surface area contributed by atoms with Crippen LogP contribution in [-0.4, -0.2) is 49.8 Å². The third kappa shape index (κ3) is 7.51. The molecule has 1 saturated heterocycles. The lowest BCUT2D eigenvalue weighted by Gasteiger charge is -2.11. The summed E-state index contributed by atoms with van der Waals surface area (Å²) in [5.41, 5.74) is 4.43. The summed E-state index contributed by atoms with van der Waals surface area (Å²) in [4.78, 5) is 35.6. The quantitative estimate of drug-likeness (QED) is 0.330. The molecule has 1 aliphatic rings. The van der Waals surface area contributed by atoms with E-state index < -0.39 is 11.8 Å². The Bertz CT molecular complexity index is 951. The largest absolute Gasteiger partial charge is 0.484 e. The zero-order valence-corrected chi connectivity index (χ0v) is 17.8. The Kier molecular flexibility index (Phi) is 8.33. The van der Waals surface area contributed by atoms with Crippen LogP contribution < -0.4 is 20.8 Å². The van der Waals surface area contributed by atoms with Crippen molar-refractivity contribution >= 4 is 29.6 Å². The van der Waals surface area contributed by atoms with Crippen molar-refractivity contribution in [3.8, 4) is 5.75 Å². The first kappa shape index (κ1) is 23.0. The van der Waals surface area contributed by atoms with Crippen LogP contribution in [0.5, 0.6) is 5.75 Å². The zero-order chi connectivity index (χ0) is 22.8. The highest BCUT2D eigenvalue weighted by Gasteiger charge is 2.16. The minimum atomic E-state index is -0.879. The van der Waals surface area contributed by atoms with Gasteiger partial charge in [0.15, 0.2) is 6.61 Å². The summed E-state index contributed by atoms with van der Waals surface area (Å²) in [6.07, 6.45) is 3.47. The molecule has 168 valence electrons. The highest BCUT2D eigenvalue weighted by molar-refractivity contribution is 6.39.